The van der Waals surface area contributed by atoms with Crippen molar-refractivity contribution in [3.8, 4) is 0 Å². The lowest BCUT2D eigenvalue weighted by atomic mass is 9.94. The van der Waals surface area contributed by atoms with Crippen LogP contribution in [0.5, 0.6) is 0 Å². The SMILES string of the molecule is CNC(=O)n1ccc2cc(N(C)c3ccnc(NC(=O)c4ccc(CN5CC6CC[C@H]5C[C@H](OC)C6)cc4)c3)ccc21. The normalized spacial score (nSPS) is 20.3. The highest BCUT2D eigenvalue weighted by atomic mass is 16.5. The number of carbonyl (C=O) groups excluding carboxylic acids is 2. The fourth-order valence-electron chi connectivity index (χ4n) is 6.47. The zero-order valence-electron chi connectivity index (χ0n) is 24.4. The molecule has 7 rings (SSSR count). The number of carbonyl (C=O) groups is 2. The van der Waals surface area contributed by atoms with Gasteiger partial charge in [0.05, 0.1) is 11.6 Å². The number of methoxy groups -OCH3 is 1. The van der Waals surface area contributed by atoms with Crippen LogP contribution in [0.2, 0.25) is 0 Å². The Morgan fingerprint density at radius 2 is 1.83 bits per heavy atom. The number of pyridine rings is 1. The van der Waals surface area contributed by atoms with E-state index < -0.39 is 0 Å². The molecule has 9 heteroatoms. The van der Waals surface area contributed by atoms with Crippen LogP contribution in [0, 0.1) is 5.92 Å². The summed E-state index contributed by atoms with van der Waals surface area (Å²) >= 11 is 0. The third kappa shape index (κ3) is 5.75. The lowest BCUT2D eigenvalue weighted by Crippen LogP contribution is -2.40. The molecule has 2 bridgehead atoms. The number of fused-ring (bicyclic) bond motifs is 5. The number of nitrogens with one attached hydrogen (secondary N) is 2. The highest BCUT2D eigenvalue weighted by Gasteiger charge is 2.35. The number of hydrogen-bond acceptors (Lipinski definition) is 6. The number of benzene rings is 2. The van der Waals surface area contributed by atoms with Crippen molar-refractivity contribution in [2.75, 3.05) is 38.0 Å². The van der Waals surface area contributed by atoms with Crippen LogP contribution in [0.3, 0.4) is 0 Å². The van der Waals surface area contributed by atoms with Gasteiger partial charge in [-0.25, -0.2) is 9.78 Å². The second-order valence-electron chi connectivity index (χ2n) is 11.4. The van der Waals surface area contributed by atoms with Gasteiger partial charge in [-0.2, -0.15) is 0 Å². The molecule has 218 valence electrons. The number of amides is 2. The summed E-state index contributed by atoms with van der Waals surface area (Å²) in [4.78, 5) is 34.2. The number of nitrogens with zero attached hydrogens (tertiary/aromatic N) is 4. The maximum Gasteiger partial charge on any atom is 0.325 e. The van der Waals surface area contributed by atoms with Crippen molar-refractivity contribution in [1.82, 2.24) is 19.8 Å². The minimum atomic E-state index is -0.192. The Labute approximate surface area is 246 Å². The molecule has 2 aliphatic heterocycles. The molecule has 3 fully saturated rings. The van der Waals surface area contributed by atoms with Crippen molar-refractivity contribution in [2.45, 2.75) is 44.4 Å². The van der Waals surface area contributed by atoms with Crippen molar-refractivity contribution in [3.05, 3.63) is 84.2 Å². The quantitative estimate of drug-likeness (QED) is 0.301. The number of anilines is 3. The molecule has 3 atom stereocenters. The monoisotopic (exact) mass is 566 g/mol. The van der Waals surface area contributed by atoms with Crippen LogP contribution < -0.4 is 15.5 Å². The van der Waals surface area contributed by atoms with Gasteiger partial charge in [0.1, 0.15) is 5.82 Å². The van der Waals surface area contributed by atoms with Crippen molar-refractivity contribution < 1.29 is 14.3 Å². The van der Waals surface area contributed by atoms with Crippen molar-refractivity contribution in [3.63, 3.8) is 0 Å². The first-order valence-electron chi connectivity index (χ1n) is 14.6. The van der Waals surface area contributed by atoms with Gasteiger partial charge < -0.3 is 20.3 Å². The molecular weight excluding hydrogens is 528 g/mol. The molecule has 42 heavy (non-hydrogen) atoms. The Kier molecular flexibility index (Phi) is 7.95. The van der Waals surface area contributed by atoms with E-state index in [2.05, 4.69) is 32.7 Å². The number of hydrogen-bond donors (Lipinski definition) is 2. The van der Waals surface area contributed by atoms with Gasteiger partial charge in [0.15, 0.2) is 0 Å². The first-order chi connectivity index (χ1) is 20.4. The summed E-state index contributed by atoms with van der Waals surface area (Å²) in [5, 5.41) is 6.56. The minimum absolute atomic E-state index is 0.180. The van der Waals surface area contributed by atoms with Crippen LogP contribution in [0.25, 0.3) is 10.9 Å². The van der Waals surface area contributed by atoms with Gasteiger partial charge in [-0.3, -0.25) is 14.3 Å². The number of rotatable bonds is 7. The van der Waals surface area contributed by atoms with E-state index in [1.165, 1.54) is 18.4 Å². The van der Waals surface area contributed by atoms with E-state index in [1.54, 1.807) is 24.0 Å². The van der Waals surface area contributed by atoms with Crippen LogP contribution in [-0.2, 0) is 11.3 Å². The van der Waals surface area contributed by atoms with Crippen LogP contribution in [0.15, 0.2) is 73.1 Å². The van der Waals surface area contributed by atoms with Gasteiger partial charge in [0.2, 0.25) is 0 Å². The summed E-state index contributed by atoms with van der Waals surface area (Å²) in [5.41, 5.74) is 4.48. The summed E-state index contributed by atoms with van der Waals surface area (Å²) in [6.45, 7) is 2.03. The molecule has 4 aromatic rings. The Morgan fingerprint density at radius 3 is 2.62 bits per heavy atom. The van der Waals surface area contributed by atoms with Crippen LogP contribution in [0.4, 0.5) is 22.0 Å². The van der Waals surface area contributed by atoms with E-state index in [1.807, 2.05) is 67.6 Å². The average molecular weight is 567 g/mol. The van der Waals surface area contributed by atoms with E-state index in [0.29, 0.717) is 29.4 Å². The molecule has 4 heterocycles. The van der Waals surface area contributed by atoms with Crippen molar-refractivity contribution in [2.24, 2.45) is 5.92 Å². The van der Waals surface area contributed by atoms with Gasteiger partial charge in [0, 0.05) is 81.1 Å². The highest BCUT2D eigenvalue weighted by Crippen LogP contribution is 2.35. The average Bonchev–Trinajstić information content (AvgIpc) is 3.24. The van der Waals surface area contributed by atoms with Crippen molar-refractivity contribution in [1.29, 1.82) is 0 Å². The standard InChI is InChI=1S/C33H38N6O3/c1-34-33(41)39-15-13-25-17-26(10-11-30(25)39)37(2)27-12-14-35-31(19-27)36-32(40)24-7-4-22(5-8-24)20-38-21-23-6-9-28(38)18-29(16-23)42-3/h4-5,7-8,10-15,17,19,23,28-29H,6,9,16,18,20-21H2,1-3H3,(H,34,41)(H,35,36,40)/t23?,28-,29+/m0/s1. The summed E-state index contributed by atoms with van der Waals surface area (Å²) in [5.74, 6) is 0.996. The third-order valence-electron chi connectivity index (χ3n) is 8.85. The lowest BCUT2D eigenvalue weighted by Gasteiger charge is -2.36. The maximum atomic E-state index is 13.1. The van der Waals surface area contributed by atoms with Gasteiger partial charge in [-0.1, -0.05) is 12.1 Å². The van der Waals surface area contributed by atoms with E-state index in [-0.39, 0.29) is 11.9 Å². The van der Waals surface area contributed by atoms with Gasteiger partial charge in [-0.05, 0) is 79.6 Å². The Morgan fingerprint density at radius 1 is 1.02 bits per heavy atom. The predicted molar refractivity (Wildman–Crippen MR) is 165 cm³/mol. The zero-order chi connectivity index (χ0) is 29.2. The molecule has 3 aliphatic rings. The lowest BCUT2D eigenvalue weighted by molar-refractivity contribution is 0.0756. The first-order valence-corrected chi connectivity index (χ1v) is 14.6. The number of piperidine rings is 1. The summed E-state index contributed by atoms with van der Waals surface area (Å²) < 4.78 is 7.30. The summed E-state index contributed by atoms with van der Waals surface area (Å²) in [6, 6.07) is 19.9. The Bertz CT molecular complexity index is 1580. The van der Waals surface area contributed by atoms with Crippen LogP contribution >= 0.6 is 0 Å². The molecular formula is C33H38N6O3. The first kappa shape index (κ1) is 27.9. The molecule has 2 N–H and O–H groups in total. The third-order valence-corrected chi connectivity index (χ3v) is 8.85. The molecule has 1 aliphatic carbocycles. The highest BCUT2D eigenvalue weighted by molar-refractivity contribution is 6.04. The molecule has 0 spiro atoms. The van der Waals surface area contributed by atoms with Gasteiger partial charge in [0.25, 0.3) is 5.91 Å². The van der Waals surface area contributed by atoms with E-state index >= 15 is 0 Å². The summed E-state index contributed by atoms with van der Waals surface area (Å²) in [6.07, 6.45) is 8.63. The second-order valence-corrected chi connectivity index (χ2v) is 11.4. The van der Waals surface area contributed by atoms with Gasteiger partial charge in [-0.15, -0.1) is 0 Å². The van der Waals surface area contributed by atoms with Crippen LogP contribution in [0.1, 0.15) is 41.6 Å². The number of ether oxygens (including phenoxy) is 1. The molecule has 2 aromatic carbocycles. The molecule has 0 radical (unpaired) electrons. The smallest absolute Gasteiger partial charge is 0.325 e. The minimum Gasteiger partial charge on any atom is -0.381 e. The van der Waals surface area contributed by atoms with Gasteiger partial charge >= 0.3 is 6.03 Å². The predicted octanol–water partition coefficient (Wildman–Crippen LogP) is 5.63. The summed E-state index contributed by atoms with van der Waals surface area (Å²) in [7, 11) is 5.41. The topological polar surface area (TPSA) is 91.7 Å². The Balaban J connectivity index is 1.10. The fourth-order valence-corrected chi connectivity index (χ4v) is 6.47. The van der Waals surface area contributed by atoms with Crippen molar-refractivity contribution >= 4 is 40.0 Å². The zero-order valence-corrected chi connectivity index (χ0v) is 24.4. The van der Waals surface area contributed by atoms with E-state index in [4.69, 9.17) is 4.74 Å². The second kappa shape index (κ2) is 12.0. The molecule has 2 aromatic heterocycles. The van der Waals surface area contributed by atoms with E-state index in [9.17, 15) is 9.59 Å². The molecule has 1 unspecified atom stereocenters. The maximum absolute atomic E-state index is 13.1. The van der Waals surface area contributed by atoms with E-state index in [0.717, 1.165) is 48.2 Å². The molecule has 9 nitrogen and oxygen atoms in total. The van der Waals surface area contributed by atoms with Crippen LogP contribution in [-0.4, -0.2) is 66.3 Å². The Hall–Kier alpha value is -4.21. The molecule has 2 amide bonds. The molecule has 2 saturated heterocycles. The fraction of sp³-hybridized carbons (Fsp3) is 0.364. The number of aromatic nitrogens is 2. The molecule has 1 saturated carbocycles. The largest absolute Gasteiger partial charge is 0.381 e.